The van der Waals surface area contributed by atoms with Crippen LogP contribution in [0.25, 0.3) is 0 Å². The normalized spacial score (nSPS) is 18.6. The number of thioether (sulfide) groups is 1. The number of benzene rings is 2. The van der Waals surface area contributed by atoms with Crippen molar-refractivity contribution in [2.24, 2.45) is 21.0 Å². The van der Waals surface area contributed by atoms with E-state index in [1.807, 2.05) is 0 Å². The lowest BCUT2D eigenvalue weighted by molar-refractivity contribution is -0.118. The first kappa shape index (κ1) is 16.6. The third-order valence-corrected chi connectivity index (χ3v) is 4.79. The number of rotatable bonds is 3. The van der Waals surface area contributed by atoms with Crippen LogP contribution in [0.15, 0.2) is 63.6 Å². The van der Waals surface area contributed by atoms with Crippen molar-refractivity contribution < 1.29 is 13.6 Å². The Morgan fingerprint density at radius 1 is 1.04 bits per heavy atom. The second-order valence-corrected chi connectivity index (χ2v) is 6.56. The third-order valence-electron chi connectivity index (χ3n) is 3.89. The number of halogens is 2. The molecule has 1 amide bonds. The standard InChI is InChI=1S/C18H12F2N4OS/c19-12-5-7-13(8-6-12)24-16-14(9-21-24)17(25)23-18(22-16)26-10-11-3-1-2-4-15(11)20/h1-9,14H,10H2. The summed E-state index contributed by atoms with van der Waals surface area (Å²) >= 11 is 1.18. The van der Waals surface area contributed by atoms with Crippen LogP contribution in [0.4, 0.5) is 14.5 Å². The number of amides is 1. The largest absolute Gasteiger partial charge is 0.271 e. The summed E-state index contributed by atoms with van der Waals surface area (Å²) in [5, 5.41) is 5.93. The minimum absolute atomic E-state index is 0.252. The number of carbonyl (C=O) groups is 1. The Balaban J connectivity index is 1.56. The summed E-state index contributed by atoms with van der Waals surface area (Å²) in [6.45, 7) is 0. The Bertz CT molecular complexity index is 956. The van der Waals surface area contributed by atoms with Gasteiger partial charge in [-0.15, -0.1) is 0 Å². The lowest BCUT2D eigenvalue weighted by atomic mass is 10.1. The molecule has 0 saturated carbocycles. The van der Waals surface area contributed by atoms with Crippen molar-refractivity contribution in [2.75, 3.05) is 5.01 Å². The fraction of sp³-hybridized carbons (Fsp3) is 0.111. The molecule has 26 heavy (non-hydrogen) atoms. The predicted molar refractivity (Wildman–Crippen MR) is 98.4 cm³/mol. The number of hydrogen-bond acceptors (Lipinski definition) is 5. The van der Waals surface area contributed by atoms with E-state index in [0.29, 0.717) is 22.8 Å². The van der Waals surface area contributed by atoms with Gasteiger partial charge in [0.05, 0.1) is 5.69 Å². The molecule has 1 unspecified atom stereocenters. The highest BCUT2D eigenvalue weighted by Crippen LogP contribution is 2.27. The van der Waals surface area contributed by atoms with Gasteiger partial charge in [0, 0.05) is 12.0 Å². The van der Waals surface area contributed by atoms with Crippen molar-refractivity contribution in [1.29, 1.82) is 0 Å². The number of amidine groups is 2. The first-order valence-corrected chi connectivity index (χ1v) is 8.77. The van der Waals surface area contributed by atoms with Crippen LogP contribution < -0.4 is 5.01 Å². The van der Waals surface area contributed by atoms with E-state index < -0.39 is 5.92 Å². The zero-order valence-electron chi connectivity index (χ0n) is 13.3. The number of fused-ring (bicyclic) bond motifs is 1. The highest BCUT2D eigenvalue weighted by molar-refractivity contribution is 8.13. The fourth-order valence-corrected chi connectivity index (χ4v) is 3.40. The third kappa shape index (κ3) is 3.15. The molecule has 0 saturated heterocycles. The molecule has 0 radical (unpaired) electrons. The van der Waals surface area contributed by atoms with Gasteiger partial charge in [-0.1, -0.05) is 30.0 Å². The number of anilines is 1. The molecule has 4 rings (SSSR count). The van der Waals surface area contributed by atoms with Gasteiger partial charge in [-0.2, -0.15) is 10.1 Å². The van der Waals surface area contributed by atoms with E-state index in [-0.39, 0.29) is 22.7 Å². The molecular weight excluding hydrogens is 358 g/mol. The highest BCUT2D eigenvalue weighted by Gasteiger charge is 2.36. The van der Waals surface area contributed by atoms with Gasteiger partial charge in [-0.05, 0) is 35.9 Å². The summed E-state index contributed by atoms with van der Waals surface area (Å²) < 4.78 is 26.9. The molecule has 2 heterocycles. The first-order valence-electron chi connectivity index (χ1n) is 7.79. The fourth-order valence-electron chi connectivity index (χ4n) is 2.57. The monoisotopic (exact) mass is 370 g/mol. The molecule has 0 bridgehead atoms. The van der Waals surface area contributed by atoms with Gasteiger partial charge in [0.15, 0.2) is 11.0 Å². The summed E-state index contributed by atoms with van der Waals surface area (Å²) in [5.41, 5.74) is 1.10. The molecule has 0 spiro atoms. The van der Waals surface area contributed by atoms with E-state index in [0.717, 1.165) is 0 Å². The summed E-state index contributed by atoms with van der Waals surface area (Å²) in [7, 11) is 0. The Morgan fingerprint density at radius 3 is 2.58 bits per heavy atom. The van der Waals surface area contributed by atoms with Crippen molar-refractivity contribution in [2.45, 2.75) is 5.75 Å². The maximum Gasteiger partial charge on any atom is 0.264 e. The van der Waals surface area contributed by atoms with Gasteiger partial charge in [0.1, 0.15) is 17.6 Å². The van der Waals surface area contributed by atoms with Crippen LogP contribution in [0.3, 0.4) is 0 Å². The molecular formula is C18H12F2N4OS. The Hall–Kier alpha value is -2.87. The average Bonchev–Trinajstić information content (AvgIpc) is 3.06. The second kappa shape index (κ2) is 6.80. The number of hydrazone groups is 1. The molecule has 2 aromatic rings. The Kier molecular flexibility index (Phi) is 4.34. The molecule has 8 heteroatoms. The van der Waals surface area contributed by atoms with E-state index in [1.54, 1.807) is 30.3 Å². The van der Waals surface area contributed by atoms with Gasteiger partial charge in [0.2, 0.25) is 0 Å². The van der Waals surface area contributed by atoms with Crippen molar-refractivity contribution in [3.63, 3.8) is 0 Å². The lowest BCUT2D eigenvalue weighted by Crippen LogP contribution is -2.34. The van der Waals surface area contributed by atoms with Crippen LogP contribution in [-0.2, 0) is 10.5 Å². The van der Waals surface area contributed by atoms with Crippen LogP contribution in [0.2, 0.25) is 0 Å². The van der Waals surface area contributed by atoms with Crippen molar-refractivity contribution in [1.82, 2.24) is 0 Å². The van der Waals surface area contributed by atoms with Gasteiger partial charge >= 0.3 is 0 Å². The summed E-state index contributed by atoms with van der Waals surface area (Å²) in [6, 6.07) is 12.2. The van der Waals surface area contributed by atoms with Crippen LogP contribution >= 0.6 is 11.8 Å². The maximum atomic E-state index is 13.7. The summed E-state index contributed by atoms with van der Waals surface area (Å²) in [4.78, 5) is 20.6. The van der Waals surface area contributed by atoms with Crippen LogP contribution in [0.5, 0.6) is 0 Å². The Morgan fingerprint density at radius 2 is 1.81 bits per heavy atom. The van der Waals surface area contributed by atoms with Crippen molar-refractivity contribution >= 4 is 40.6 Å². The van der Waals surface area contributed by atoms with Crippen LogP contribution in [0, 0.1) is 17.6 Å². The Labute approximate surface area is 152 Å². The van der Waals surface area contributed by atoms with E-state index in [1.165, 1.54) is 41.2 Å². The SMILES string of the molecule is O=C1N=C(SCc2ccccc2F)N=C2C1C=NN2c1ccc(F)cc1. The van der Waals surface area contributed by atoms with Gasteiger partial charge in [-0.3, -0.25) is 4.79 Å². The minimum atomic E-state index is -0.655. The van der Waals surface area contributed by atoms with E-state index in [4.69, 9.17) is 0 Å². The van der Waals surface area contributed by atoms with E-state index in [2.05, 4.69) is 15.1 Å². The summed E-state index contributed by atoms with van der Waals surface area (Å²) in [6.07, 6.45) is 1.46. The molecule has 1 atom stereocenters. The number of hydrogen-bond donors (Lipinski definition) is 0. The topological polar surface area (TPSA) is 57.4 Å². The molecule has 130 valence electrons. The van der Waals surface area contributed by atoms with Crippen molar-refractivity contribution in [3.05, 3.63) is 65.7 Å². The van der Waals surface area contributed by atoms with Crippen LogP contribution in [0.1, 0.15) is 5.56 Å². The van der Waals surface area contributed by atoms with Crippen molar-refractivity contribution in [3.8, 4) is 0 Å². The summed E-state index contributed by atoms with van der Waals surface area (Å²) in [5.74, 6) is -0.995. The molecule has 0 aliphatic carbocycles. The maximum absolute atomic E-state index is 13.7. The predicted octanol–water partition coefficient (Wildman–Crippen LogP) is 3.61. The van der Waals surface area contributed by atoms with Gasteiger partial charge in [0.25, 0.3) is 5.91 Å². The smallest absolute Gasteiger partial charge is 0.264 e. The average molecular weight is 370 g/mol. The lowest BCUT2D eigenvalue weighted by Gasteiger charge is -2.20. The second-order valence-electron chi connectivity index (χ2n) is 5.61. The number of aliphatic imine (C=N–C) groups is 2. The van der Waals surface area contributed by atoms with E-state index in [9.17, 15) is 13.6 Å². The molecule has 2 aliphatic rings. The minimum Gasteiger partial charge on any atom is -0.271 e. The highest BCUT2D eigenvalue weighted by atomic mass is 32.2. The quantitative estimate of drug-likeness (QED) is 0.829. The molecule has 2 aromatic carbocycles. The molecule has 2 aliphatic heterocycles. The zero-order valence-corrected chi connectivity index (χ0v) is 14.2. The number of carbonyl (C=O) groups excluding carboxylic acids is 1. The van der Waals surface area contributed by atoms with Crippen LogP contribution in [-0.4, -0.2) is 23.1 Å². The van der Waals surface area contributed by atoms with Gasteiger partial charge < -0.3 is 0 Å². The molecule has 0 N–H and O–H groups in total. The van der Waals surface area contributed by atoms with E-state index >= 15 is 0 Å². The molecule has 5 nitrogen and oxygen atoms in total. The molecule has 0 fully saturated rings. The van der Waals surface area contributed by atoms with Gasteiger partial charge in [-0.25, -0.2) is 18.8 Å². The molecule has 0 aromatic heterocycles. The number of nitrogens with zero attached hydrogens (tertiary/aromatic N) is 4. The first-order chi connectivity index (χ1) is 12.6. The zero-order chi connectivity index (χ0) is 18.1.